The van der Waals surface area contributed by atoms with Crippen molar-refractivity contribution in [3.05, 3.63) is 29.6 Å². The lowest BCUT2D eigenvalue weighted by atomic mass is 10.1. The normalized spacial score (nSPS) is 11.7. The van der Waals surface area contributed by atoms with Crippen LogP contribution in [0, 0.1) is 5.82 Å². The van der Waals surface area contributed by atoms with Crippen LogP contribution in [0.3, 0.4) is 0 Å². The molecular weight excluding hydrogens is 193 g/mol. The number of rotatable bonds is 4. The van der Waals surface area contributed by atoms with Crippen molar-refractivity contribution in [2.45, 2.75) is 39.4 Å². The van der Waals surface area contributed by atoms with E-state index >= 15 is 0 Å². The monoisotopic (exact) mass is 211 g/mol. The summed E-state index contributed by atoms with van der Waals surface area (Å²) in [6.07, 6.45) is 0.876. The third-order valence-electron chi connectivity index (χ3n) is 2.61. The molecule has 0 fully saturated rings. The zero-order valence-electron chi connectivity index (χ0n) is 9.51. The van der Waals surface area contributed by atoms with Gasteiger partial charge in [0.2, 0.25) is 0 Å². The first-order valence-electron chi connectivity index (χ1n) is 5.13. The summed E-state index contributed by atoms with van der Waals surface area (Å²) in [5.74, 6) is -0.304. The first-order chi connectivity index (χ1) is 6.96. The minimum absolute atomic E-state index is 0.222. The highest BCUT2D eigenvalue weighted by molar-refractivity contribution is 5.46. The van der Waals surface area contributed by atoms with Crippen LogP contribution < -0.4 is 5.73 Å². The maximum absolute atomic E-state index is 13.4. The van der Waals surface area contributed by atoms with Crippen LogP contribution in [0.1, 0.15) is 32.8 Å². The molecule has 0 heterocycles. The van der Waals surface area contributed by atoms with Crippen molar-refractivity contribution in [2.24, 2.45) is 0 Å². The average molecular weight is 211 g/mol. The first-order valence-corrected chi connectivity index (χ1v) is 5.13. The first kappa shape index (κ1) is 12.0. The number of hydrogen-bond acceptors (Lipinski definition) is 2. The third kappa shape index (κ3) is 3.20. The maximum atomic E-state index is 13.4. The van der Waals surface area contributed by atoms with E-state index < -0.39 is 0 Å². The smallest absolute Gasteiger partial charge is 0.130 e. The van der Waals surface area contributed by atoms with Crippen molar-refractivity contribution < 1.29 is 9.13 Å². The zero-order valence-corrected chi connectivity index (χ0v) is 9.51. The van der Waals surface area contributed by atoms with Gasteiger partial charge in [-0.2, -0.15) is 0 Å². The van der Waals surface area contributed by atoms with E-state index in [0.717, 1.165) is 6.42 Å². The molecule has 15 heavy (non-hydrogen) atoms. The van der Waals surface area contributed by atoms with Gasteiger partial charge in [-0.05, 0) is 32.4 Å². The highest BCUT2D eigenvalue weighted by atomic mass is 19.1. The number of ether oxygens (including phenoxy) is 1. The fourth-order valence-electron chi connectivity index (χ4n) is 1.10. The van der Waals surface area contributed by atoms with Gasteiger partial charge in [0.15, 0.2) is 0 Å². The Morgan fingerprint density at radius 3 is 2.60 bits per heavy atom. The number of nitrogen functional groups attached to an aromatic ring is 1. The lowest BCUT2D eigenvalue weighted by Crippen LogP contribution is -2.23. The van der Waals surface area contributed by atoms with E-state index in [1.807, 2.05) is 20.8 Å². The number of benzene rings is 1. The van der Waals surface area contributed by atoms with Crippen LogP contribution in [-0.2, 0) is 11.3 Å². The molecule has 2 nitrogen and oxygen atoms in total. The van der Waals surface area contributed by atoms with E-state index in [1.54, 1.807) is 12.1 Å². The van der Waals surface area contributed by atoms with E-state index in [2.05, 4.69) is 0 Å². The molecule has 0 atom stereocenters. The summed E-state index contributed by atoms with van der Waals surface area (Å²) in [6.45, 7) is 6.21. The Balaban J connectivity index is 2.73. The van der Waals surface area contributed by atoms with E-state index in [0.29, 0.717) is 11.3 Å². The molecule has 0 aromatic heterocycles. The molecule has 0 saturated carbocycles. The van der Waals surface area contributed by atoms with Crippen LogP contribution in [0.2, 0.25) is 0 Å². The molecule has 0 saturated heterocycles. The lowest BCUT2D eigenvalue weighted by molar-refractivity contribution is -0.0323. The summed E-state index contributed by atoms with van der Waals surface area (Å²) in [5.41, 5.74) is 6.32. The highest BCUT2D eigenvalue weighted by Crippen LogP contribution is 2.21. The molecule has 1 aromatic rings. The molecule has 2 N–H and O–H groups in total. The van der Waals surface area contributed by atoms with Gasteiger partial charge in [-0.1, -0.05) is 13.0 Å². The Kier molecular flexibility index (Phi) is 3.69. The van der Waals surface area contributed by atoms with Crippen LogP contribution in [0.4, 0.5) is 10.1 Å². The molecule has 0 radical (unpaired) electrons. The molecular formula is C12H18FNO. The fraction of sp³-hybridized carbons (Fsp3) is 0.500. The van der Waals surface area contributed by atoms with Crippen LogP contribution in [0.5, 0.6) is 0 Å². The number of nitrogens with two attached hydrogens (primary N) is 1. The van der Waals surface area contributed by atoms with Gasteiger partial charge in [0.1, 0.15) is 5.82 Å². The average Bonchev–Trinajstić information content (AvgIpc) is 2.17. The van der Waals surface area contributed by atoms with Crippen molar-refractivity contribution in [1.82, 2.24) is 0 Å². The van der Waals surface area contributed by atoms with Gasteiger partial charge in [-0.25, -0.2) is 4.39 Å². The van der Waals surface area contributed by atoms with Gasteiger partial charge < -0.3 is 10.5 Å². The molecule has 0 bridgehead atoms. The molecule has 0 unspecified atom stereocenters. The van der Waals surface area contributed by atoms with Crippen molar-refractivity contribution in [2.75, 3.05) is 5.73 Å². The van der Waals surface area contributed by atoms with Crippen molar-refractivity contribution >= 4 is 5.69 Å². The third-order valence-corrected chi connectivity index (χ3v) is 2.61. The number of hydrogen-bond donors (Lipinski definition) is 1. The van der Waals surface area contributed by atoms with Crippen LogP contribution >= 0.6 is 0 Å². The maximum Gasteiger partial charge on any atom is 0.130 e. The second-order valence-electron chi connectivity index (χ2n) is 4.21. The second-order valence-corrected chi connectivity index (χ2v) is 4.21. The Hall–Kier alpha value is -1.09. The van der Waals surface area contributed by atoms with Crippen LogP contribution in [0.25, 0.3) is 0 Å². The number of halogens is 1. The van der Waals surface area contributed by atoms with E-state index in [4.69, 9.17) is 10.5 Å². The molecule has 84 valence electrons. The largest absolute Gasteiger partial charge is 0.398 e. The fourth-order valence-corrected chi connectivity index (χ4v) is 1.10. The van der Waals surface area contributed by atoms with Crippen molar-refractivity contribution in [3.8, 4) is 0 Å². The van der Waals surface area contributed by atoms with E-state index in [-0.39, 0.29) is 18.0 Å². The Bertz CT molecular complexity index is 316. The van der Waals surface area contributed by atoms with Gasteiger partial charge >= 0.3 is 0 Å². The minimum atomic E-state index is -0.304. The van der Waals surface area contributed by atoms with Crippen LogP contribution in [0.15, 0.2) is 18.2 Å². The molecule has 3 heteroatoms. The summed E-state index contributed by atoms with van der Waals surface area (Å²) < 4.78 is 19.0. The Morgan fingerprint density at radius 2 is 2.07 bits per heavy atom. The topological polar surface area (TPSA) is 35.2 Å². The lowest BCUT2D eigenvalue weighted by Gasteiger charge is -2.24. The molecule has 0 aliphatic rings. The highest BCUT2D eigenvalue weighted by Gasteiger charge is 2.17. The Labute approximate surface area is 90.2 Å². The number of anilines is 1. The molecule has 0 spiro atoms. The Morgan fingerprint density at radius 1 is 1.40 bits per heavy atom. The zero-order chi connectivity index (χ0) is 11.5. The summed E-state index contributed by atoms with van der Waals surface area (Å²) in [6, 6.07) is 4.67. The summed E-state index contributed by atoms with van der Waals surface area (Å²) >= 11 is 0. The quantitative estimate of drug-likeness (QED) is 0.777. The van der Waals surface area contributed by atoms with Gasteiger partial charge in [0.05, 0.1) is 12.2 Å². The summed E-state index contributed by atoms with van der Waals surface area (Å²) in [4.78, 5) is 0. The summed E-state index contributed by atoms with van der Waals surface area (Å²) in [5, 5.41) is 0. The molecule has 0 aliphatic heterocycles. The van der Waals surface area contributed by atoms with Gasteiger partial charge in [0, 0.05) is 11.3 Å². The molecule has 1 rings (SSSR count). The molecule has 1 aromatic carbocycles. The van der Waals surface area contributed by atoms with E-state index in [9.17, 15) is 4.39 Å². The molecule has 0 aliphatic carbocycles. The van der Waals surface area contributed by atoms with Gasteiger partial charge in [-0.15, -0.1) is 0 Å². The molecule has 0 amide bonds. The SMILES string of the molecule is CCC(C)(C)OCc1c(N)cccc1F. The van der Waals surface area contributed by atoms with Crippen molar-refractivity contribution in [1.29, 1.82) is 0 Å². The van der Waals surface area contributed by atoms with E-state index in [1.165, 1.54) is 6.07 Å². The second kappa shape index (κ2) is 4.62. The summed E-state index contributed by atoms with van der Waals surface area (Å²) in [7, 11) is 0. The van der Waals surface area contributed by atoms with Crippen LogP contribution in [-0.4, -0.2) is 5.60 Å². The predicted molar refractivity (Wildman–Crippen MR) is 60.0 cm³/mol. The van der Waals surface area contributed by atoms with Gasteiger partial charge in [0.25, 0.3) is 0 Å². The van der Waals surface area contributed by atoms with Gasteiger partial charge in [-0.3, -0.25) is 0 Å². The minimum Gasteiger partial charge on any atom is -0.398 e. The standard InChI is InChI=1S/C12H18FNO/c1-4-12(2,3)15-8-9-10(13)6-5-7-11(9)14/h5-7H,4,8,14H2,1-3H3. The predicted octanol–water partition coefficient (Wildman–Crippen LogP) is 3.11. The van der Waals surface area contributed by atoms with Crippen molar-refractivity contribution in [3.63, 3.8) is 0 Å².